The first-order valence-corrected chi connectivity index (χ1v) is 9.30. The summed E-state index contributed by atoms with van der Waals surface area (Å²) < 4.78 is 1.67. The quantitative estimate of drug-likeness (QED) is 0.782. The minimum Gasteiger partial charge on any atom is -0.335 e. The number of nitrogens with zero attached hydrogens (tertiary/aromatic N) is 4. The smallest absolute Gasteiger partial charge is 0.276 e. The molecule has 0 spiro atoms. The van der Waals surface area contributed by atoms with Crippen molar-refractivity contribution in [3.63, 3.8) is 0 Å². The van der Waals surface area contributed by atoms with Crippen molar-refractivity contribution >= 4 is 40.7 Å². The normalized spacial score (nSPS) is 15.6. The molecule has 0 radical (unpaired) electrons. The Kier molecular flexibility index (Phi) is 5.89. The van der Waals surface area contributed by atoms with Gasteiger partial charge in [-0.3, -0.25) is 14.4 Å². The van der Waals surface area contributed by atoms with Gasteiger partial charge in [0.1, 0.15) is 0 Å². The van der Waals surface area contributed by atoms with Crippen LogP contribution in [0.5, 0.6) is 0 Å². The van der Waals surface area contributed by atoms with Crippen molar-refractivity contribution in [3.05, 3.63) is 50.7 Å². The molecule has 0 N–H and O–H groups in total. The fourth-order valence-electron chi connectivity index (χ4n) is 2.87. The van der Waals surface area contributed by atoms with Crippen molar-refractivity contribution in [1.29, 1.82) is 0 Å². The first-order chi connectivity index (χ1) is 12.0. The van der Waals surface area contributed by atoms with Gasteiger partial charge in [-0.25, -0.2) is 0 Å². The highest BCUT2D eigenvalue weighted by Gasteiger charge is 2.26. The molecule has 25 heavy (non-hydrogen) atoms. The standard InChI is InChI=1S/C17H19Cl3N4O/c1-2-24-11-15(20)16(21-24)17(25)23-8-6-22(7-9-23)10-12-13(18)4-3-5-14(12)19/h3-5,11H,2,6-10H2,1H3. The highest BCUT2D eigenvalue weighted by molar-refractivity contribution is 6.36. The van der Waals surface area contributed by atoms with Crippen LogP contribution in [0.15, 0.2) is 24.4 Å². The first kappa shape index (κ1) is 18.5. The second-order valence-corrected chi connectivity index (χ2v) is 7.17. The first-order valence-electron chi connectivity index (χ1n) is 8.17. The van der Waals surface area contributed by atoms with Gasteiger partial charge in [0.15, 0.2) is 5.69 Å². The number of carbonyl (C=O) groups is 1. The van der Waals surface area contributed by atoms with Crippen LogP contribution in [0.4, 0.5) is 0 Å². The maximum atomic E-state index is 12.6. The predicted octanol–water partition coefficient (Wildman–Crippen LogP) is 3.82. The predicted molar refractivity (Wildman–Crippen MR) is 101 cm³/mol. The van der Waals surface area contributed by atoms with Crippen molar-refractivity contribution in [2.45, 2.75) is 20.0 Å². The highest BCUT2D eigenvalue weighted by atomic mass is 35.5. The van der Waals surface area contributed by atoms with Crippen molar-refractivity contribution in [1.82, 2.24) is 19.6 Å². The zero-order valence-corrected chi connectivity index (χ0v) is 16.2. The molecule has 2 heterocycles. The van der Waals surface area contributed by atoms with Gasteiger partial charge in [0.25, 0.3) is 5.91 Å². The fourth-order valence-corrected chi connectivity index (χ4v) is 3.62. The maximum absolute atomic E-state index is 12.6. The van der Waals surface area contributed by atoms with Crippen LogP contribution in [0.1, 0.15) is 23.0 Å². The van der Waals surface area contributed by atoms with Crippen LogP contribution in [0, 0.1) is 0 Å². The molecule has 0 saturated carbocycles. The molecule has 1 aromatic carbocycles. The van der Waals surface area contributed by atoms with E-state index in [9.17, 15) is 4.79 Å². The van der Waals surface area contributed by atoms with E-state index in [4.69, 9.17) is 34.8 Å². The second kappa shape index (κ2) is 7.96. The molecule has 1 aromatic heterocycles. The van der Waals surface area contributed by atoms with Crippen LogP contribution >= 0.6 is 34.8 Å². The van der Waals surface area contributed by atoms with Gasteiger partial charge in [-0.15, -0.1) is 0 Å². The molecular formula is C17H19Cl3N4O. The zero-order valence-electron chi connectivity index (χ0n) is 13.9. The van der Waals surface area contributed by atoms with Crippen LogP contribution in [-0.2, 0) is 13.1 Å². The Morgan fingerprint density at radius 1 is 1.08 bits per heavy atom. The molecule has 1 fully saturated rings. The number of piperazine rings is 1. The number of amides is 1. The zero-order chi connectivity index (χ0) is 18.0. The van der Waals surface area contributed by atoms with Crippen LogP contribution in [-0.4, -0.2) is 51.7 Å². The summed E-state index contributed by atoms with van der Waals surface area (Å²) in [5.41, 5.74) is 1.25. The van der Waals surface area contributed by atoms with Crippen molar-refractivity contribution in [3.8, 4) is 0 Å². The summed E-state index contributed by atoms with van der Waals surface area (Å²) in [7, 11) is 0. The van der Waals surface area contributed by atoms with Crippen molar-refractivity contribution in [2.75, 3.05) is 26.2 Å². The van der Waals surface area contributed by atoms with Crippen molar-refractivity contribution in [2.24, 2.45) is 0 Å². The van der Waals surface area contributed by atoms with Crippen LogP contribution in [0.2, 0.25) is 15.1 Å². The molecule has 5 nitrogen and oxygen atoms in total. The van der Waals surface area contributed by atoms with E-state index < -0.39 is 0 Å². The molecule has 2 aromatic rings. The Hall–Kier alpha value is -1.27. The van der Waals surface area contributed by atoms with E-state index in [1.807, 2.05) is 25.1 Å². The van der Waals surface area contributed by atoms with Gasteiger partial charge in [-0.1, -0.05) is 40.9 Å². The number of aromatic nitrogens is 2. The monoisotopic (exact) mass is 400 g/mol. The number of rotatable bonds is 4. The summed E-state index contributed by atoms with van der Waals surface area (Å²) in [5.74, 6) is -0.118. The largest absolute Gasteiger partial charge is 0.335 e. The average molecular weight is 402 g/mol. The van der Waals surface area contributed by atoms with Gasteiger partial charge in [0.05, 0.1) is 5.02 Å². The maximum Gasteiger partial charge on any atom is 0.276 e. The van der Waals surface area contributed by atoms with Gasteiger partial charge in [0.2, 0.25) is 0 Å². The number of hydrogen-bond donors (Lipinski definition) is 0. The second-order valence-electron chi connectivity index (χ2n) is 5.95. The van der Waals surface area contributed by atoms with E-state index in [2.05, 4.69) is 10.00 Å². The van der Waals surface area contributed by atoms with E-state index in [0.29, 0.717) is 46.9 Å². The number of hydrogen-bond acceptors (Lipinski definition) is 3. The van der Waals surface area contributed by atoms with E-state index in [1.165, 1.54) is 0 Å². The lowest BCUT2D eigenvalue weighted by Gasteiger charge is -2.34. The lowest BCUT2D eigenvalue weighted by molar-refractivity contribution is 0.0622. The molecule has 3 rings (SSSR count). The third kappa shape index (κ3) is 4.11. The summed E-state index contributed by atoms with van der Waals surface area (Å²) in [5, 5.41) is 6.00. The molecular weight excluding hydrogens is 383 g/mol. The molecule has 0 atom stereocenters. The van der Waals surface area contributed by atoms with Crippen molar-refractivity contribution < 1.29 is 4.79 Å². The molecule has 1 aliphatic heterocycles. The molecule has 134 valence electrons. The molecule has 1 amide bonds. The Balaban J connectivity index is 1.61. The Morgan fingerprint density at radius 2 is 1.72 bits per heavy atom. The van der Waals surface area contributed by atoms with Gasteiger partial charge in [-0.2, -0.15) is 5.10 Å². The number of halogens is 3. The third-order valence-electron chi connectivity index (χ3n) is 4.35. The molecule has 1 saturated heterocycles. The Bertz CT molecular complexity index is 749. The molecule has 0 bridgehead atoms. The number of benzene rings is 1. The molecule has 1 aliphatic rings. The summed E-state index contributed by atoms with van der Waals surface area (Å²) in [6.45, 7) is 6.05. The van der Waals surface area contributed by atoms with Crippen LogP contribution < -0.4 is 0 Å². The summed E-state index contributed by atoms with van der Waals surface area (Å²) in [6, 6.07) is 5.52. The number of aryl methyl sites for hydroxylation is 1. The van der Waals surface area contributed by atoms with Crippen LogP contribution in [0.25, 0.3) is 0 Å². The van der Waals surface area contributed by atoms with Gasteiger partial charge in [0, 0.05) is 61.1 Å². The van der Waals surface area contributed by atoms with Crippen LogP contribution in [0.3, 0.4) is 0 Å². The van der Waals surface area contributed by atoms with E-state index in [-0.39, 0.29) is 5.91 Å². The highest BCUT2D eigenvalue weighted by Crippen LogP contribution is 2.26. The molecule has 0 unspecified atom stereocenters. The Labute approximate surface area is 162 Å². The summed E-state index contributed by atoms with van der Waals surface area (Å²) >= 11 is 18.6. The van der Waals surface area contributed by atoms with E-state index in [0.717, 1.165) is 18.7 Å². The fraction of sp³-hybridized carbons (Fsp3) is 0.412. The Morgan fingerprint density at radius 3 is 2.28 bits per heavy atom. The minimum atomic E-state index is -0.118. The number of carbonyl (C=O) groups excluding carboxylic acids is 1. The van der Waals surface area contributed by atoms with E-state index >= 15 is 0 Å². The summed E-state index contributed by atoms with van der Waals surface area (Å²) in [4.78, 5) is 16.7. The topological polar surface area (TPSA) is 41.4 Å². The van der Waals surface area contributed by atoms with Gasteiger partial charge >= 0.3 is 0 Å². The molecule has 0 aliphatic carbocycles. The van der Waals surface area contributed by atoms with Gasteiger partial charge in [-0.05, 0) is 19.1 Å². The lowest BCUT2D eigenvalue weighted by atomic mass is 10.2. The molecule has 8 heteroatoms. The van der Waals surface area contributed by atoms with E-state index in [1.54, 1.807) is 15.8 Å². The average Bonchev–Trinajstić information content (AvgIpc) is 2.99. The summed E-state index contributed by atoms with van der Waals surface area (Å²) in [6.07, 6.45) is 1.68. The SMILES string of the molecule is CCn1cc(Cl)c(C(=O)N2CCN(Cc3c(Cl)cccc3Cl)CC2)n1. The lowest BCUT2D eigenvalue weighted by Crippen LogP contribution is -2.48. The van der Waals surface area contributed by atoms with Gasteiger partial charge < -0.3 is 4.90 Å². The minimum absolute atomic E-state index is 0.118. The third-order valence-corrected chi connectivity index (χ3v) is 5.33.